The van der Waals surface area contributed by atoms with Crippen molar-refractivity contribution >= 4 is 34.6 Å². The number of anilines is 4. The van der Waals surface area contributed by atoms with Gasteiger partial charge in [-0.15, -0.1) is 0 Å². The van der Waals surface area contributed by atoms with E-state index in [4.69, 9.17) is 0 Å². The molecular formula is C52H88N4O4. The first-order valence-electron chi connectivity index (χ1n) is 24.9. The number of aliphatic hydroxyl groups excluding tert-OH is 2. The molecule has 8 heteroatoms. The van der Waals surface area contributed by atoms with E-state index < -0.39 is 24.0 Å². The van der Waals surface area contributed by atoms with Crippen LogP contribution in [0.3, 0.4) is 0 Å². The predicted molar refractivity (Wildman–Crippen MR) is 257 cm³/mol. The lowest BCUT2D eigenvalue weighted by Gasteiger charge is -2.48. The molecule has 2 aromatic rings. The van der Waals surface area contributed by atoms with E-state index in [1.165, 1.54) is 142 Å². The second-order valence-electron chi connectivity index (χ2n) is 18.0. The van der Waals surface area contributed by atoms with E-state index in [1.54, 1.807) is 0 Å². The molecule has 2 amide bonds. The Bertz CT molecular complexity index is 1330. The number of amides is 2. The zero-order chi connectivity index (χ0) is 43.5. The molecular weight excluding hydrogens is 745 g/mol. The minimum absolute atomic E-state index is 0.179. The van der Waals surface area contributed by atoms with Crippen molar-refractivity contribution in [1.82, 2.24) is 0 Å². The van der Waals surface area contributed by atoms with Gasteiger partial charge in [0.05, 0.1) is 12.2 Å². The number of benzene rings is 2. The summed E-state index contributed by atoms with van der Waals surface area (Å²) in [5, 5.41) is 30.0. The number of carbonyl (C=O) groups excluding carboxylic acids is 2. The molecule has 1 saturated carbocycles. The van der Waals surface area contributed by atoms with Crippen LogP contribution in [-0.4, -0.2) is 60.4 Å². The maximum atomic E-state index is 12.6. The molecule has 0 unspecified atom stereocenters. The van der Waals surface area contributed by atoms with E-state index in [9.17, 15) is 19.8 Å². The average Bonchev–Trinajstić information content (AvgIpc) is 3.22. The van der Waals surface area contributed by atoms with Gasteiger partial charge in [-0.25, -0.2) is 0 Å². The van der Waals surface area contributed by atoms with Crippen LogP contribution in [0.2, 0.25) is 0 Å². The topological polar surface area (TPSA) is 105 Å². The van der Waals surface area contributed by atoms with Gasteiger partial charge in [-0.1, -0.05) is 168 Å². The van der Waals surface area contributed by atoms with Gasteiger partial charge in [0.15, 0.2) is 0 Å². The van der Waals surface area contributed by atoms with Gasteiger partial charge in [-0.3, -0.25) is 9.59 Å². The first-order chi connectivity index (χ1) is 29.2. The molecule has 0 radical (unpaired) electrons. The van der Waals surface area contributed by atoms with Crippen LogP contribution in [-0.2, 0) is 9.59 Å². The van der Waals surface area contributed by atoms with E-state index in [2.05, 4.69) is 72.4 Å². The fourth-order valence-electron chi connectivity index (χ4n) is 9.17. The highest BCUT2D eigenvalue weighted by atomic mass is 16.3. The highest BCUT2D eigenvalue weighted by Crippen LogP contribution is 2.52. The molecule has 60 heavy (non-hydrogen) atoms. The van der Waals surface area contributed by atoms with Crippen LogP contribution in [0.4, 0.5) is 22.7 Å². The molecule has 0 aromatic heterocycles. The third-order valence-electron chi connectivity index (χ3n) is 12.7. The summed E-state index contributed by atoms with van der Waals surface area (Å²) < 4.78 is 0. The standard InChI is InChI=1S/C52H88N4O4/c1-7-11-15-19-23-27-35-55(36-28-24-20-16-12-8-2)43-31-33-45(47(39-43)53-41(5)57)49-51(59)50(52(49)60)46-34-32-44(40-48(46)54-42(6)58)56(37-29-25-21-17-13-9-3)38-30-26-22-18-14-10-4/h31-34,39-40,49-52,59-60H,7-30,35-38H2,1-6H3,(H,53,57)(H,54,58). The summed E-state index contributed by atoms with van der Waals surface area (Å²) in [5.74, 6) is -1.53. The summed E-state index contributed by atoms with van der Waals surface area (Å²) in [6.45, 7) is 15.9. The van der Waals surface area contributed by atoms with E-state index in [0.29, 0.717) is 11.4 Å². The summed E-state index contributed by atoms with van der Waals surface area (Å²) >= 11 is 0. The van der Waals surface area contributed by atoms with Crippen molar-refractivity contribution in [2.24, 2.45) is 0 Å². The number of nitrogens with zero attached hydrogens (tertiary/aromatic N) is 2. The van der Waals surface area contributed by atoms with Gasteiger partial charge in [0.25, 0.3) is 0 Å². The van der Waals surface area contributed by atoms with Crippen LogP contribution >= 0.6 is 0 Å². The average molecular weight is 833 g/mol. The summed E-state index contributed by atoms with van der Waals surface area (Å²) in [6, 6.07) is 12.3. The molecule has 0 aliphatic heterocycles. The quantitative estimate of drug-likeness (QED) is 0.0524. The summed E-state index contributed by atoms with van der Waals surface area (Å²) in [7, 11) is 0. The summed E-state index contributed by atoms with van der Waals surface area (Å²) in [5.41, 5.74) is 4.92. The Hall–Kier alpha value is -3.10. The van der Waals surface area contributed by atoms with Gasteiger partial charge in [-0.05, 0) is 61.1 Å². The molecule has 2 aromatic carbocycles. The Balaban J connectivity index is 1.85. The minimum Gasteiger partial charge on any atom is -0.392 e. The molecule has 0 saturated heterocycles. The molecule has 4 N–H and O–H groups in total. The van der Waals surface area contributed by atoms with E-state index in [-0.39, 0.29) is 11.8 Å². The zero-order valence-corrected chi connectivity index (χ0v) is 39.2. The Morgan fingerprint density at radius 2 is 0.717 bits per heavy atom. The highest BCUT2D eigenvalue weighted by molar-refractivity contribution is 5.91. The SMILES string of the molecule is CCCCCCCCN(CCCCCCCC)c1ccc(C2C(O)C(c3ccc(N(CCCCCCCC)CCCCCCCC)cc3NC(C)=O)C2O)c(NC(C)=O)c1. The second-order valence-corrected chi connectivity index (χ2v) is 18.0. The number of carbonyl (C=O) groups is 2. The first kappa shape index (κ1) is 51.3. The number of hydrogen-bond acceptors (Lipinski definition) is 6. The second kappa shape index (κ2) is 30.0. The van der Waals surface area contributed by atoms with Crippen molar-refractivity contribution in [3.63, 3.8) is 0 Å². The third-order valence-corrected chi connectivity index (χ3v) is 12.7. The zero-order valence-electron chi connectivity index (χ0n) is 39.2. The van der Waals surface area contributed by atoms with Crippen molar-refractivity contribution in [2.75, 3.05) is 46.6 Å². The van der Waals surface area contributed by atoms with Gasteiger partial charge in [0, 0.05) is 74.6 Å². The van der Waals surface area contributed by atoms with Gasteiger partial charge < -0.3 is 30.6 Å². The number of rotatable bonds is 34. The Labute approximate surface area is 367 Å². The maximum absolute atomic E-state index is 12.6. The lowest BCUT2D eigenvalue weighted by Crippen LogP contribution is -2.52. The maximum Gasteiger partial charge on any atom is 0.221 e. The van der Waals surface area contributed by atoms with Crippen LogP contribution in [0.5, 0.6) is 0 Å². The van der Waals surface area contributed by atoms with Crippen LogP contribution in [0, 0.1) is 0 Å². The van der Waals surface area contributed by atoms with Crippen molar-refractivity contribution < 1.29 is 19.8 Å². The molecule has 1 fully saturated rings. The predicted octanol–water partition coefficient (Wildman–Crippen LogP) is 13.3. The van der Waals surface area contributed by atoms with Crippen molar-refractivity contribution in [2.45, 2.75) is 220 Å². The molecule has 0 atom stereocenters. The Morgan fingerprint density at radius 1 is 0.450 bits per heavy atom. The van der Waals surface area contributed by atoms with Crippen LogP contribution in [0.25, 0.3) is 0 Å². The highest BCUT2D eigenvalue weighted by Gasteiger charge is 2.52. The molecule has 0 heterocycles. The van der Waals surface area contributed by atoms with Crippen LogP contribution < -0.4 is 20.4 Å². The van der Waals surface area contributed by atoms with Crippen molar-refractivity contribution in [3.8, 4) is 0 Å². The van der Waals surface area contributed by atoms with Crippen LogP contribution in [0.1, 0.15) is 219 Å². The van der Waals surface area contributed by atoms with Gasteiger partial charge >= 0.3 is 0 Å². The monoisotopic (exact) mass is 833 g/mol. The molecule has 0 spiro atoms. The lowest BCUT2D eigenvalue weighted by atomic mass is 9.62. The van der Waals surface area contributed by atoms with Gasteiger partial charge in [0.2, 0.25) is 11.8 Å². The molecule has 1 aliphatic carbocycles. The van der Waals surface area contributed by atoms with Crippen molar-refractivity contribution in [3.05, 3.63) is 47.5 Å². The smallest absolute Gasteiger partial charge is 0.221 e. The van der Waals surface area contributed by atoms with E-state index in [1.807, 2.05) is 12.1 Å². The molecule has 0 bridgehead atoms. The molecule has 340 valence electrons. The summed E-state index contributed by atoms with van der Waals surface area (Å²) in [6.07, 6.45) is 27.9. The minimum atomic E-state index is -0.901. The normalized spacial score (nSPS) is 17.3. The van der Waals surface area contributed by atoms with Gasteiger partial charge in [-0.2, -0.15) is 0 Å². The molecule has 8 nitrogen and oxygen atoms in total. The molecule has 3 rings (SSSR count). The van der Waals surface area contributed by atoms with Gasteiger partial charge in [0.1, 0.15) is 0 Å². The number of unbranched alkanes of at least 4 members (excludes halogenated alkanes) is 20. The van der Waals surface area contributed by atoms with Crippen LogP contribution in [0.15, 0.2) is 36.4 Å². The first-order valence-corrected chi connectivity index (χ1v) is 24.9. The summed E-state index contributed by atoms with van der Waals surface area (Å²) in [4.78, 5) is 30.2. The van der Waals surface area contributed by atoms with E-state index in [0.717, 1.165) is 74.4 Å². The fourth-order valence-corrected chi connectivity index (χ4v) is 9.17. The number of aliphatic hydroxyl groups is 2. The number of hydrogen-bond donors (Lipinski definition) is 4. The lowest BCUT2D eigenvalue weighted by molar-refractivity contribution is -0.115. The Kier molecular flexibility index (Phi) is 25.7. The number of nitrogens with one attached hydrogen (secondary N) is 2. The third kappa shape index (κ3) is 17.7. The fraction of sp³-hybridized carbons (Fsp3) is 0.731. The van der Waals surface area contributed by atoms with Crippen molar-refractivity contribution in [1.29, 1.82) is 0 Å². The molecule has 1 aliphatic rings. The van der Waals surface area contributed by atoms with E-state index >= 15 is 0 Å². The Morgan fingerprint density at radius 3 is 0.983 bits per heavy atom. The largest absolute Gasteiger partial charge is 0.392 e.